The molecule has 1 aromatic rings. The van der Waals surface area contributed by atoms with Gasteiger partial charge in [0.15, 0.2) is 11.5 Å². The Bertz CT molecular complexity index is 377. The van der Waals surface area contributed by atoms with Crippen molar-refractivity contribution in [3.63, 3.8) is 0 Å². The molecule has 0 fully saturated rings. The first-order valence-electron chi connectivity index (χ1n) is 6.63. The van der Waals surface area contributed by atoms with Crippen LogP contribution in [-0.2, 0) is 0 Å². The lowest BCUT2D eigenvalue weighted by Gasteiger charge is -2.21. The molecule has 0 aromatic heterocycles. The summed E-state index contributed by atoms with van der Waals surface area (Å²) in [5.41, 5.74) is 2.53. The standard InChI is InChI=1S/C15H25NO2/c1-6-8-16-13(7-2)12-10-15(18-5)14(17-4)9-11(12)3/h9-10,13,16H,6-8H2,1-5H3. The summed E-state index contributed by atoms with van der Waals surface area (Å²) in [6.07, 6.45) is 2.21. The fraction of sp³-hybridized carbons (Fsp3) is 0.600. The molecular formula is C15H25NO2. The second-order valence-electron chi connectivity index (χ2n) is 4.48. The van der Waals surface area contributed by atoms with Gasteiger partial charge in [-0.2, -0.15) is 0 Å². The van der Waals surface area contributed by atoms with Crippen LogP contribution in [0, 0.1) is 6.92 Å². The summed E-state index contributed by atoms with van der Waals surface area (Å²) in [4.78, 5) is 0. The number of ether oxygens (including phenoxy) is 2. The molecule has 3 nitrogen and oxygen atoms in total. The lowest BCUT2D eigenvalue weighted by atomic mass is 9.98. The van der Waals surface area contributed by atoms with E-state index in [1.165, 1.54) is 11.1 Å². The molecule has 1 aromatic carbocycles. The van der Waals surface area contributed by atoms with E-state index in [1.807, 2.05) is 6.07 Å². The SMILES string of the molecule is CCCNC(CC)c1cc(OC)c(OC)cc1C. The Balaban J connectivity index is 3.06. The first-order valence-corrected chi connectivity index (χ1v) is 6.63. The zero-order valence-electron chi connectivity index (χ0n) is 12.2. The summed E-state index contributed by atoms with van der Waals surface area (Å²) in [5, 5.41) is 3.57. The molecule has 102 valence electrons. The van der Waals surface area contributed by atoms with E-state index in [-0.39, 0.29) is 0 Å². The molecule has 0 aliphatic rings. The van der Waals surface area contributed by atoms with Gasteiger partial charge in [-0.3, -0.25) is 0 Å². The highest BCUT2D eigenvalue weighted by Gasteiger charge is 2.15. The van der Waals surface area contributed by atoms with Crippen LogP contribution in [0.1, 0.15) is 43.9 Å². The maximum Gasteiger partial charge on any atom is 0.161 e. The van der Waals surface area contributed by atoms with Gasteiger partial charge in [0, 0.05) is 6.04 Å². The average molecular weight is 251 g/mol. The largest absolute Gasteiger partial charge is 0.493 e. The van der Waals surface area contributed by atoms with Gasteiger partial charge in [-0.05, 0) is 49.6 Å². The van der Waals surface area contributed by atoms with E-state index >= 15 is 0 Å². The van der Waals surface area contributed by atoms with Crippen LogP contribution in [0.15, 0.2) is 12.1 Å². The number of hydrogen-bond acceptors (Lipinski definition) is 3. The minimum Gasteiger partial charge on any atom is -0.493 e. The van der Waals surface area contributed by atoms with Crippen molar-refractivity contribution in [2.75, 3.05) is 20.8 Å². The summed E-state index contributed by atoms with van der Waals surface area (Å²) in [6, 6.07) is 4.51. The Hall–Kier alpha value is -1.22. The van der Waals surface area contributed by atoms with Crippen LogP contribution >= 0.6 is 0 Å². The Labute approximate surface area is 110 Å². The van der Waals surface area contributed by atoms with Crippen LogP contribution in [-0.4, -0.2) is 20.8 Å². The topological polar surface area (TPSA) is 30.5 Å². The van der Waals surface area contributed by atoms with Crippen molar-refractivity contribution in [2.24, 2.45) is 0 Å². The quantitative estimate of drug-likeness (QED) is 0.805. The molecule has 0 radical (unpaired) electrons. The minimum absolute atomic E-state index is 0.379. The first kappa shape index (κ1) is 14.8. The molecule has 0 bridgehead atoms. The molecule has 0 aliphatic carbocycles. The summed E-state index contributed by atoms with van der Waals surface area (Å²) in [5.74, 6) is 1.60. The number of methoxy groups -OCH3 is 2. The highest BCUT2D eigenvalue weighted by Crippen LogP contribution is 2.33. The van der Waals surface area contributed by atoms with Crippen LogP contribution in [0.25, 0.3) is 0 Å². The summed E-state index contributed by atoms with van der Waals surface area (Å²) < 4.78 is 10.7. The molecule has 0 spiro atoms. The zero-order chi connectivity index (χ0) is 13.5. The van der Waals surface area contributed by atoms with Gasteiger partial charge in [-0.1, -0.05) is 13.8 Å². The third kappa shape index (κ3) is 3.39. The second-order valence-corrected chi connectivity index (χ2v) is 4.48. The third-order valence-corrected chi connectivity index (χ3v) is 3.20. The van der Waals surface area contributed by atoms with E-state index in [4.69, 9.17) is 9.47 Å². The van der Waals surface area contributed by atoms with Crippen molar-refractivity contribution in [1.29, 1.82) is 0 Å². The van der Waals surface area contributed by atoms with Crippen LogP contribution in [0.2, 0.25) is 0 Å². The van der Waals surface area contributed by atoms with Gasteiger partial charge in [0.1, 0.15) is 0 Å². The molecule has 0 saturated heterocycles. The van der Waals surface area contributed by atoms with Crippen LogP contribution < -0.4 is 14.8 Å². The molecule has 1 rings (SSSR count). The monoisotopic (exact) mass is 251 g/mol. The van der Waals surface area contributed by atoms with Crippen molar-refractivity contribution in [1.82, 2.24) is 5.32 Å². The lowest BCUT2D eigenvalue weighted by molar-refractivity contribution is 0.353. The van der Waals surface area contributed by atoms with E-state index < -0.39 is 0 Å². The summed E-state index contributed by atoms with van der Waals surface area (Å²) >= 11 is 0. The number of benzene rings is 1. The van der Waals surface area contributed by atoms with Gasteiger partial charge in [-0.25, -0.2) is 0 Å². The Morgan fingerprint density at radius 3 is 2.22 bits per heavy atom. The minimum atomic E-state index is 0.379. The van der Waals surface area contributed by atoms with Crippen molar-refractivity contribution in [3.05, 3.63) is 23.3 Å². The molecule has 3 heteroatoms. The summed E-state index contributed by atoms with van der Waals surface area (Å²) in [7, 11) is 3.35. The molecule has 1 N–H and O–H groups in total. The first-order chi connectivity index (χ1) is 8.67. The van der Waals surface area contributed by atoms with E-state index in [0.717, 1.165) is 30.9 Å². The molecule has 18 heavy (non-hydrogen) atoms. The van der Waals surface area contributed by atoms with Crippen molar-refractivity contribution < 1.29 is 9.47 Å². The highest BCUT2D eigenvalue weighted by atomic mass is 16.5. The summed E-state index contributed by atoms with van der Waals surface area (Å²) in [6.45, 7) is 7.53. The van der Waals surface area contributed by atoms with Crippen LogP contribution in [0.5, 0.6) is 11.5 Å². The fourth-order valence-electron chi connectivity index (χ4n) is 2.16. The van der Waals surface area contributed by atoms with Crippen LogP contribution in [0.4, 0.5) is 0 Å². The van der Waals surface area contributed by atoms with Crippen molar-refractivity contribution >= 4 is 0 Å². The molecule has 0 saturated carbocycles. The van der Waals surface area contributed by atoms with E-state index in [0.29, 0.717) is 6.04 Å². The van der Waals surface area contributed by atoms with Gasteiger partial charge in [-0.15, -0.1) is 0 Å². The Morgan fingerprint density at radius 2 is 1.72 bits per heavy atom. The van der Waals surface area contributed by atoms with Gasteiger partial charge >= 0.3 is 0 Å². The number of aryl methyl sites for hydroxylation is 1. The van der Waals surface area contributed by atoms with E-state index in [1.54, 1.807) is 14.2 Å². The van der Waals surface area contributed by atoms with Crippen LogP contribution in [0.3, 0.4) is 0 Å². The van der Waals surface area contributed by atoms with E-state index in [2.05, 4.69) is 32.2 Å². The zero-order valence-corrected chi connectivity index (χ0v) is 12.2. The molecular weight excluding hydrogens is 226 g/mol. The smallest absolute Gasteiger partial charge is 0.161 e. The maximum atomic E-state index is 5.38. The predicted octanol–water partition coefficient (Wildman–Crippen LogP) is 3.46. The third-order valence-electron chi connectivity index (χ3n) is 3.20. The predicted molar refractivity (Wildman–Crippen MR) is 75.6 cm³/mol. The molecule has 1 atom stereocenters. The van der Waals surface area contributed by atoms with Gasteiger partial charge in [0.25, 0.3) is 0 Å². The van der Waals surface area contributed by atoms with Gasteiger partial charge in [0.2, 0.25) is 0 Å². The lowest BCUT2D eigenvalue weighted by Crippen LogP contribution is -2.22. The molecule has 0 amide bonds. The molecule has 1 unspecified atom stereocenters. The second kappa shape index (κ2) is 7.27. The van der Waals surface area contributed by atoms with E-state index in [9.17, 15) is 0 Å². The van der Waals surface area contributed by atoms with Gasteiger partial charge < -0.3 is 14.8 Å². The normalized spacial score (nSPS) is 12.3. The Morgan fingerprint density at radius 1 is 1.11 bits per heavy atom. The number of hydrogen-bond donors (Lipinski definition) is 1. The average Bonchev–Trinajstić information content (AvgIpc) is 2.40. The molecule has 0 heterocycles. The number of rotatable bonds is 7. The Kier molecular flexibility index (Phi) is 5.99. The van der Waals surface area contributed by atoms with Crippen molar-refractivity contribution in [3.8, 4) is 11.5 Å². The number of nitrogens with one attached hydrogen (secondary N) is 1. The van der Waals surface area contributed by atoms with Crippen molar-refractivity contribution in [2.45, 2.75) is 39.7 Å². The fourth-order valence-corrected chi connectivity index (χ4v) is 2.16. The van der Waals surface area contributed by atoms with Gasteiger partial charge in [0.05, 0.1) is 14.2 Å². The highest BCUT2D eigenvalue weighted by molar-refractivity contribution is 5.48. The molecule has 0 aliphatic heterocycles. The maximum absolute atomic E-state index is 5.38.